The Kier molecular flexibility index (Phi) is 4.20. The fourth-order valence-electron chi connectivity index (χ4n) is 1.91. The number of hydrogen-bond donors (Lipinski definition) is 0. The molecule has 1 fully saturated rings. The Morgan fingerprint density at radius 2 is 2.17 bits per heavy atom. The van der Waals surface area contributed by atoms with Crippen molar-refractivity contribution >= 4 is 51.7 Å². The van der Waals surface area contributed by atoms with Crippen molar-refractivity contribution in [3.63, 3.8) is 0 Å². The number of benzene rings is 1. The number of carbonyl (C=O) groups excluding carboxylic acids is 2. The molecule has 0 spiro atoms. The Bertz CT molecular complexity index is 507. The Labute approximate surface area is 119 Å². The van der Waals surface area contributed by atoms with Crippen molar-refractivity contribution in [1.82, 2.24) is 0 Å². The number of nitrogens with zero attached hydrogens (tertiary/aromatic N) is 1. The van der Waals surface area contributed by atoms with Gasteiger partial charge in [-0.3, -0.25) is 9.59 Å². The Hall–Kier alpha value is -0.710. The molecule has 0 radical (unpaired) electrons. The lowest BCUT2D eigenvalue weighted by atomic mass is 10.3. The van der Waals surface area contributed by atoms with Gasteiger partial charge >= 0.3 is 0 Å². The van der Waals surface area contributed by atoms with Gasteiger partial charge < -0.3 is 4.90 Å². The van der Waals surface area contributed by atoms with Gasteiger partial charge in [-0.1, -0.05) is 35.0 Å². The van der Waals surface area contributed by atoms with Gasteiger partial charge in [-0.15, -0.1) is 0 Å². The van der Waals surface area contributed by atoms with Crippen LogP contribution < -0.4 is 4.90 Å². The summed E-state index contributed by atoms with van der Waals surface area (Å²) < 4.78 is 0. The van der Waals surface area contributed by atoms with Crippen molar-refractivity contribution in [2.45, 2.75) is 18.6 Å². The van der Waals surface area contributed by atoms with Gasteiger partial charge in [0.05, 0.1) is 10.7 Å². The van der Waals surface area contributed by atoms with E-state index in [1.807, 2.05) is 0 Å². The summed E-state index contributed by atoms with van der Waals surface area (Å²) >= 11 is 13.2. The molecular weight excluding hydrogens is 293 g/mol. The van der Waals surface area contributed by atoms with Crippen LogP contribution in [0.5, 0.6) is 0 Å². The van der Waals surface area contributed by atoms with Gasteiger partial charge in [0, 0.05) is 30.2 Å². The minimum Gasteiger partial charge on any atom is -0.310 e. The van der Waals surface area contributed by atoms with Crippen LogP contribution in [-0.2, 0) is 9.59 Å². The summed E-state index contributed by atoms with van der Waals surface area (Å²) in [6.07, 6.45) is 0.354. The predicted molar refractivity (Wildman–Crippen MR) is 75.5 cm³/mol. The Morgan fingerprint density at radius 3 is 2.83 bits per heavy atom. The quantitative estimate of drug-likeness (QED) is 0.840. The van der Waals surface area contributed by atoms with E-state index in [-0.39, 0.29) is 16.3 Å². The van der Waals surface area contributed by atoms with Gasteiger partial charge in [0.15, 0.2) is 5.12 Å². The zero-order chi connectivity index (χ0) is 13.3. The fraction of sp³-hybridized carbons (Fsp3) is 0.333. The number of hydrogen-bond acceptors (Lipinski definition) is 3. The SMILES string of the molecule is CC(=O)SC1CC(=O)N(c2cc(Cl)ccc2Cl)C1. The third-order valence-corrected chi connectivity index (χ3v) is 4.16. The lowest BCUT2D eigenvalue weighted by Gasteiger charge is -2.18. The topological polar surface area (TPSA) is 37.4 Å². The maximum atomic E-state index is 11.9. The summed E-state index contributed by atoms with van der Waals surface area (Å²) in [4.78, 5) is 24.6. The molecule has 0 bridgehead atoms. The van der Waals surface area contributed by atoms with E-state index in [0.29, 0.717) is 28.7 Å². The van der Waals surface area contributed by atoms with E-state index in [9.17, 15) is 9.59 Å². The zero-order valence-corrected chi connectivity index (χ0v) is 12.0. The number of amides is 1. The van der Waals surface area contributed by atoms with Crippen LogP contribution in [0.1, 0.15) is 13.3 Å². The molecule has 1 atom stereocenters. The molecule has 0 aromatic heterocycles. The first-order valence-electron chi connectivity index (χ1n) is 5.40. The molecule has 0 aliphatic carbocycles. The van der Waals surface area contributed by atoms with E-state index in [2.05, 4.69) is 0 Å². The number of rotatable bonds is 2. The molecule has 1 unspecified atom stereocenters. The average molecular weight is 304 g/mol. The van der Waals surface area contributed by atoms with Crippen molar-refractivity contribution in [3.05, 3.63) is 28.2 Å². The third-order valence-electron chi connectivity index (χ3n) is 2.62. The van der Waals surface area contributed by atoms with E-state index in [1.165, 1.54) is 18.7 Å². The third kappa shape index (κ3) is 2.99. The molecule has 1 heterocycles. The number of anilines is 1. The van der Waals surface area contributed by atoms with Crippen LogP contribution >= 0.6 is 35.0 Å². The van der Waals surface area contributed by atoms with Crippen LogP contribution in [0.2, 0.25) is 10.0 Å². The second-order valence-electron chi connectivity index (χ2n) is 4.04. The predicted octanol–water partition coefficient (Wildman–Crippen LogP) is 3.38. The summed E-state index contributed by atoms with van der Waals surface area (Å²) in [5, 5.41) is 1.03. The Balaban J connectivity index is 2.21. The maximum absolute atomic E-state index is 11.9. The first-order chi connectivity index (χ1) is 8.47. The van der Waals surface area contributed by atoms with E-state index in [0.717, 1.165) is 0 Å². The summed E-state index contributed by atoms with van der Waals surface area (Å²) in [6.45, 7) is 1.99. The molecule has 1 saturated heterocycles. The zero-order valence-electron chi connectivity index (χ0n) is 9.65. The lowest BCUT2D eigenvalue weighted by molar-refractivity contribution is -0.117. The highest BCUT2D eigenvalue weighted by molar-refractivity contribution is 8.14. The van der Waals surface area contributed by atoms with Crippen LogP contribution in [0.15, 0.2) is 18.2 Å². The average Bonchev–Trinajstić information content (AvgIpc) is 2.62. The molecule has 1 aromatic carbocycles. The normalized spacial score (nSPS) is 19.4. The van der Waals surface area contributed by atoms with Crippen LogP contribution in [0.4, 0.5) is 5.69 Å². The van der Waals surface area contributed by atoms with Gasteiger partial charge in [-0.2, -0.15) is 0 Å². The van der Waals surface area contributed by atoms with Crippen LogP contribution in [-0.4, -0.2) is 22.8 Å². The minimum atomic E-state index is -0.0297. The van der Waals surface area contributed by atoms with Gasteiger partial charge in [0.1, 0.15) is 0 Å². The van der Waals surface area contributed by atoms with Crippen molar-refractivity contribution in [1.29, 1.82) is 0 Å². The van der Waals surface area contributed by atoms with Crippen LogP contribution in [0.3, 0.4) is 0 Å². The molecule has 18 heavy (non-hydrogen) atoms. The van der Waals surface area contributed by atoms with Crippen LogP contribution in [0, 0.1) is 0 Å². The largest absolute Gasteiger partial charge is 0.310 e. The second kappa shape index (κ2) is 5.51. The second-order valence-corrected chi connectivity index (χ2v) is 6.36. The van der Waals surface area contributed by atoms with E-state index < -0.39 is 0 Å². The monoisotopic (exact) mass is 303 g/mol. The molecule has 6 heteroatoms. The lowest BCUT2D eigenvalue weighted by Crippen LogP contribution is -2.25. The fourth-order valence-corrected chi connectivity index (χ4v) is 3.22. The molecule has 2 rings (SSSR count). The summed E-state index contributed by atoms with van der Waals surface area (Å²) in [5.74, 6) is -0.0297. The highest BCUT2D eigenvalue weighted by atomic mass is 35.5. The van der Waals surface area contributed by atoms with Crippen molar-refractivity contribution in [3.8, 4) is 0 Å². The molecule has 1 amide bonds. The summed E-state index contributed by atoms with van der Waals surface area (Å²) in [5.41, 5.74) is 0.612. The molecule has 1 aliphatic heterocycles. The van der Waals surface area contributed by atoms with Crippen molar-refractivity contribution in [2.24, 2.45) is 0 Å². The first-order valence-corrected chi connectivity index (χ1v) is 7.03. The van der Waals surface area contributed by atoms with Gasteiger partial charge in [-0.25, -0.2) is 0 Å². The first kappa shape index (κ1) is 13.7. The van der Waals surface area contributed by atoms with Crippen molar-refractivity contribution in [2.75, 3.05) is 11.4 Å². The van der Waals surface area contributed by atoms with Gasteiger partial charge in [0.25, 0.3) is 0 Å². The Morgan fingerprint density at radius 1 is 1.44 bits per heavy atom. The number of halogens is 2. The number of carbonyl (C=O) groups is 2. The van der Waals surface area contributed by atoms with Crippen LogP contribution in [0.25, 0.3) is 0 Å². The molecule has 1 aliphatic rings. The highest BCUT2D eigenvalue weighted by Gasteiger charge is 2.32. The summed E-state index contributed by atoms with van der Waals surface area (Å²) in [7, 11) is 0. The molecule has 0 saturated carbocycles. The van der Waals surface area contributed by atoms with Gasteiger partial charge in [-0.05, 0) is 18.2 Å². The minimum absolute atomic E-state index is 0.00921. The standard InChI is InChI=1S/C12H11Cl2NO2S/c1-7(16)18-9-5-12(17)15(6-9)11-4-8(13)2-3-10(11)14/h2-4,9H,5-6H2,1H3. The van der Waals surface area contributed by atoms with Crippen molar-refractivity contribution < 1.29 is 9.59 Å². The maximum Gasteiger partial charge on any atom is 0.228 e. The van der Waals surface area contributed by atoms with E-state index in [4.69, 9.17) is 23.2 Å². The molecule has 3 nitrogen and oxygen atoms in total. The highest BCUT2D eigenvalue weighted by Crippen LogP contribution is 2.34. The summed E-state index contributed by atoms with van der Waals surface area (Å²) in [6, 6.07) is 5.01. The molecule has 1 aromatic rings. The molecule has 0 N–H and O–H groups in total. The van der Waals surface area contributed by atoms with E-state index >= 15 is 0 Å². The van der Waals surface area contributed by atoms with E-state index in [1.54, 1.807) is 23.1 Å². The number of thioether (sulfide) groups is 1. The van der Waals surface area contributed by atoms with Gasteiger partial charge in [0.2, 0.25) is 5.91 Å². The molecular formula is C12H11Cl2NO2S. The smallest absolute Gasteiger partial charge is 0.228 e. The molecule has 96 valence electrons.